The summed E-state index contributed by atoms with van der Waals surface area (Å²) >= 11 is 0. The van der Waals surface area contributed by atoms with Crippen molar-refractivity contribution in [1.82, 2.24) is 9.21 Å². The zero-order valence-corrected chi connectivity index (χ0v) is 13.5. The molecule has 1 fully saturated rings. The van der Waals surface area contributed by atoms with E-state index in [1.54, 1.807) is 7.05 Å². The van der Waals surface area contributed by atoms with Crippen molar-refractivity contribution in [2.75, 3.05) is 19.8 Å². The molecule has 0 N–H and O–H groups in total. The van der Waals surface area contributed by atoms with Crippen LogP contribution in [0.1, 0.15) is 30.8 Å². The normalized spacial score (nSPS) is 20.4. The van der Waals surface area contributed by atoms with E-state index in [1.807, 2.05) is 19.1 Å². The Morgan fingerprint density at radius 3 is 2.71 bits per heavy atom. The number of piperidine rings is 1. The quantitative estimate of drug-likeness (QED) is 0.841. The molecule has 1 saturated heterocycles. The topological polar surface area (TPSA) is 70.8 Å². The van der Waals surface area contributed by atoms with Gasteiger partial charge in [0.15, 0.2) is 0 Å². The van der Waals surface area contributed by atoms with Crippen molar-refractivity contribution < 1.29 is 17.6 Å². The molecule has 1 atom stereocenters. The van der Waals surface area contributed by atoms with E-state index in [4.69, 9.17) is 4.42 Å². The zero-order chi connectivity index (χ0) is 15.6. The lowest BCUT2D eigenvalue weighted by molar-refractivity contribution is -0.135. The highest BCUT2D eigenvalue weighted by molar-refractivity contribution is 7.88. The minimum absolute atomic E-state index is 0.172. The Morgan fingerprint density at radius 1 is 1.43 bits per heavy atom. The molecule has 1 aliphatic heterocycles. The molecular weight excluding hydrogens is 292 g/mol. The van der Waals surface area contributed by atoms with Crippen LogP contribution in [0.3, 0.4) is 0 Å². The summed E-state index contributed by atoms with van der Waals surface area (Å²) in [6.45, 7) is 2.61. The molecule has 0 aliphatic carbocycles. The number of furan rings is 1. The van der Waals surface area contributed by atoms with E-state index in [2.05, 4.69) is 0 Å². The number of aryl methyl sites for hydroxylation is 1. The Kier molecular flexibility index (Phi) is 4.73. The molecule has 0 bridgehead atoms. The van der Waals surface area contributed by atoms with Gasteiger partial charge in [-0.2, -0.15) is 4.31 Å². The number of rotatable bonds is 4. The smallest absolute Gasteiger partial charge is 0.241 e. The van der Waals surface area contributed by atoms with Crippen molar-refractivity contribution >= 4 is 15.9 Å². The van der Waals surface area contributed by atoms with E-state index in [9.17, 15) is 13.2 Å². The summed E-state index contributed by atoms with van der Waals surface area (Å²) in [5.74, 6) is 1.32. The van der Waals surface area contributed by atoms with Crippen LogP contribution in [0.15, 0.2) is 16.5 Å². The minimum atomic E-state index is -3.36. The first-order valence-corrected chi connectivity index (χ1v) is 8.91. The third-order valence-electron chi connectivity index (χ3n) is 3.73. The molecule has 1 aromatic heterocycles. The van der Waals surface area contributed by atoms with Gasteiger partial charge < -0.3 is 9.32 Å². The first-order valence-electron chi connectivity index (χ1n) is 7.06. The Hall–Kier alpha value is -1.34. The molecule has 0 spiro atoms. The van der Waals surface area contributed by atoms with Gasteiger partial charge in [0.05, 0.1) is 12.8 Å². The third kappa shape index (κ3) is 3.85. The van der Waals surface area contributed by atoms with E-state index in [1.165, 1.54) is 9.21 Å². The summed E-state index contributed by atoms with van der Waals surface area (Å²) in [7, 11) is -1.68. The summed E-state index contributed by atoms with van der Waals surface area (Å²) in [5.41, 5.74) is 0. The average molecular weight is 314 g/mol. The fourth-order valence-corrected chi connectivity index (χ4v) is 3.80. The summed E-state index contributed by atoms with van der Waals surface area (Å²) in [4.78, 5) is 14.1. The van der Waals surface area contributed by atoms with Gasteiger partial charge >= 0.3 is 0 Å². The number of sulfonamides is 1. The van der Waals surface area contributed by atoms with Crippen LogP contribution in [-0.2, 0) is 21.4 Å². The Labute approximate surface area is 125 Å². The Bertz CT molecular complexity index is 608. The van der Waals surface area contributed by atoms with E-state index in [0.717, 1.165) is 24.9 Å². The van der Waals surface area contributed by atoms with E-state index >= 15 is 0 Å². The van der Waals surface area contributed by atoms with E-state index in [0.29, 0.717) is 25.3 Å². The minimum Gasteiger partial charge on any atom is -0.464 e. The lowest BCUT2D eigenvalue weighted by atomic mass is 10.0. The average Bonchev–Trinajstić information content (AvgIpc) is 2.82. The van der Waals surface area contributed by atoms with Gasteiger partial charge in [0.25, 0.3) is 0 Å². The van der Waals surface area contributed by atoms with Crippen LogP contribution in [-0.4, -0.2) is 49.4 Å². The van der Waals surface area contributed by atoms with Crippen LogP contribution in [0.2, 0.25) is 0 Å². The molecular formula is C14H22N2O4S. The summed E-state index contributed by atoms with van der Waals surface area (Å²) in [5, 5.41) is 0. The fourth-order valence-electron chi connectivity index (χ4n) is 2.68. The maximum Gasteiger partial charge on any atom is 0.241 e. The van der Waals surface area contributed by atoms with E-state index in [-0.39, 0.29) is 5.91 Å². The Balaban J connectivity index is 2.09. The SMILES string of the molecule is Cc1ccc(CN(C)C(=O)C2CCCCN2S(C)(=O)=O)o1. The number of amides is 1. The van der Waals surface area contributed by atoms with Crippen LogP contribution in [0.4, 0.5) is 0 Å². The Morgan fingerprint density at radius 2 is 2.14 bits per heavy atom. The van der Waals surface area contributed by atoms with Gasteiger partial charge in [0.2, 0.25) is 15.9 Å². The second-order valence-electron chi connectivity index (χ2n) is 5.59. The highest BCUT2D eigenvalue weighted by Gasteiger charge is 2.35. The lowest BCUT2D eigenvalue weighted by Gasteiger charge is -2.34. The van der Waals surface area contributed by atoms with Crippen LogP contribution < -0.4 is 0 Å². The van der Waals surface area contributed by atoms with Gasteiger partial charge in [0, 0.05) is 13.6 Å². The van der Waals surface area contributed by atoms with Crippen molar-refractivity contribution in [2.45, 2.75) is 38.8 Å². The van der Waals surface area contributed by atoms with Gasteiger partial charge in [0.1, 0.15) is 17.6 Å². The molecule has 118 valence electrons. The highest BCUT2D eigenvalue weighted by Crippen LogP contribution is 2.22. The lowest BCUT2D eigenvalue weighted by Crippen LogP contribution is -2.51. The zero-order valence-electron chi connectivity index (χ0n) is 12.7. The van der Waals surface area contributed by atoms with Gasteiger partial charge in [-0.05, 0) is 31.9 Å². The monoisotopic (exact) mass is 314 g/mol. The molecule has 1 amide bonds. The third-order valence-corrected chi connectivity index (χ3v) is 5.02. The second-order valence-corrected chi connectivity index (χ2v) is 7.53. The number of hydrogen-bond donors (Lipinski definition) is 0. The maximum absolute atomic E-state index is 12.5. The molecule has 7 heteroatoms. The molecule has 0 aromatic carbocycles. The van der Waals surface area contributed by atoms with Crippen LogP contribution in [0.5, 0.6) is 0 Å². The molecule has 0 saturated carbocycles. The first kappa shape index (κ1) is 16.0. The number of hydrogen-bond acceptors (Lipinski definition) is 4. The van der Waals surface area contributed by atoms with Crippen molar-refractivity contribution in [1.29, 1.82) is 0 Å². The largest absolute Gasteiger partial charge is 0.464 e. The van der Waals surface area contributed by atoms with Crippen LogP contribution >= 0.6 is 0 Å². The van der Waals surface area contributed by atoms with Crippen molar-refractivity contribution in [3.63, 3.8) is 0 Å². The van der Waals surface area contributed by atoms with Gasteiger partial charge in [-0.15, -0.1) is 0 Å². The first-order chi connectivity index (χ1) is 9.79. The molecule has 1 aromatic rings. The van der Waals surface area contributed by atoms with Gasteiger partial charge in [-0.3, -0.25) is 4.79 Å². The number of nitrogens with zero attached hydrogens (tertiary/aromatic N) is 2. The fraction of sp³-hybridized carbons (Fsp3) is 0.643. The maximum atomic E-state index is 12.5. The predicted molar refractivity (Wildman–Crippen MR) is 79.1 cm³/mol. The summed E-state index contributed by atoms with van der Waals surface area (Å²) < 4.78 is 30.4. The molecule has 1 aliphatic rings. The predicted octanol–water partition coefficient (Wildman–Crippen LogP) is 1.36. The standard InChI is InChI=1S/C14H22N2O4S/c1-11-7-8-12(20-11)10-15(2)14(17)13-6-4-5-9-16(13)21(3,18)19/h7-8,13H,4-6,9-10H2,1-3H3. The van der Waals surface area contributed by atoms with Crippen LogP contribution in [0.25, 0.3) is 0 Å². The highest BCUT2D eigenvalue weighted by atomic mass is 32.2. The molecule has 6 nitrogen and oxygen atoms in total. The van der Waals surface area contributed by atoms with Gasteiger partial charge in [-0.25, -0.2) is 8.42 Å². The number of likely N-dealkylation sites (N-methyl/N-ethyl adjacent to an activating group) is 1. The summed E-state index contributed by atoms with van der Waals surface area (Å²) in [6.07, 6.45) is 3.41. The molecule has 1 unspecified atom stereocenters. The van der Waals surface area contributed by atoms with E-state index < -0.39 is 16.1 Å². The van der Waals surface area contributed by atoms with Crippen molar-refractivity contribution in [3.05, 3.63) is 23.7 Å². The molecule has 2 rings (SSSR count). The summed E-state index contributed by atoms with van der Waals surface area (Å²) in [6, 6.07) is 3.08. The number of carbonyl (C=O) groups excluding carboxylic acids is 1. The van der Waals surface area contributed by atoms with Crippen molar-refractivity contribution in [3.8, 4) is 0 Å². The van der Waals surface area contributed by atoms with Crippen molar-refractivity contribution in [2.24, 2.45) is 0 Å². The second kappa shape index (κ2) is 6.19. The molecule has 0 radical (unpaired) electrons. The van der Waals surface area contributed by atoms with Crippen LogP contribution in [0, 0.1) is 6.92 Å². The van der Waals surface area contributed by atoms with Gasteiger partial charge in [-0.1, -0.05) is 6.42 Å². The number of carbonyl (C=O) groups is 1. The molecule has 2 heterocycles. The molecule has 21 heavy (non-hydrogen) atoms.